The summed E-state index contributed by atoms with van der Waals surface area (Å²) in [6.45, 7) is 0.0619. The Kier molecular flexibility index (Phi) is 7.00. The molecule has 186 valence electrons. The molecule has 4 aromatic rings. The van der Waals surface area contributed by atoms with Crippen molar-refractivity contribution in [2.75, 3.05) is 0 Å². The topological polar surface area (TPSA) is 80.8 Å². The molecule has 2 amide bonds. The number of halogens is 2. The molecule has 1 fully saturated rings. The molecule has 0 spiro atoms. The summed E-state index contributed by atoms with van der Waals surface area (Å²) in [6.07, 6.45) is 1.50. The number of benzene rings is 4. The first-order valence-corrected chi connectivity index (χ1v) is 13.9. The van der Waals surface area contributed by atoms with Crippen LogP contribution in [0.1, 0.15) is 11.1 Å². The van der Waals surface area contributed by atoms with Crippen LogP contribution in [-0.2, 0) is 21.5 Å². The van der Waals surface area contributed by atoms with Crippen molar-refractivity contribution in [3.63, 3.8) is 0 Å². The number of amides is 2. The van der Waals surface area contributed by atoms with E-state index in [1.165, 1.54) is 36.4 Å². The molecule has 0 atom stereocenters. The molecule has 6 nitrogen and oxygen atoms in total. The van der Waals surface area contributed by atoms with E-state index in [1.807, 2.05) is 12.1 Å². The molecule has 0 radical (unpaired) electrons. The Morgan fingerprint density at radius 1 is 0.865 bits per heavy atom. The van der Waals surface area contributed by atoms with Gasteiger partial charge in [0.05, 0.1) is 11.4 Å². The second-order valence-electron chi connectivity index (χ2n) is 8.09. The summed E-state index contributed by atoms with van der Waals surface area (Å²) in [5.41, 5.74) is 1.07. The third-order valence-corrected chi connectivity index (χ3v) is 8.25. The van der Waals surface area contributed by atoms with Gasteiger partial charge in [-0.2, -0.15) is 8.42 Å². The Balaban J connectivity index is 1.54. The van der Waals surface area contributed by atoms with Gasteiger partial charge in [0, 0.05) is 15.6 Å². The van der Waals surface area contributed by atoms with Gasteiger partial charge >= 0.3 is 10.1 Å². The molecular weight excluding hydrogens is 553 g/mol. The first-order valence-electron chi connectivity index (χ1n) is 10.9. The number of imide groups is 1. The highest BCUT2D eigenvalue weighted by molar-refractivity contribution is 8.18. The zero-order chi connectivity index (χ0) is 26.2. The van der Waals surface area contributed by atoms with Crippen LogP contribution in [0.4, 0.5) is 4.79 Å². The largest absolute Gasteiger partial charge is 0.378 e. The molecule has 1 aliphatic heterocycles. The maximum atomic E-state index is 13.2. The van der Waals surface area contributed by atoms with Crippen molar-refractivity contribution in [1.82, 2.24) is 4.90 Å². The van der Waals surface area contributed by atoms with Crippen LogP contribution in [0.15, 0.2) is 94.7 Å². The minimum absolute atomic E-state index is 0.0234. The number of hydrogen-bond donors (Lipinski definition) is 0. The van der Waals surface area contributed by atoms with Crippen LogP contribution in [0.5, 0.6) is 5.75 Å². The molecule has 4 aromatic carbocycles. The number of carbonyl (C=O) groups excluding carboxylic acids is 2. The van der Waals surface area contributed by atoms with E-state index < -0.39 is 21.3 Å². The van der Waals surface area contributed by atoms with Crippen molar-refractivity contribution in [1.29, 1.82) is 0 Å². The van der Waals surface area contributed by atoms with E-state index in [1.54, 1.807) is 42.5 Å². The molecular formula is C27H17Cl2NO5S2. The van der Waals surface area contributed by atoms with Gasteiger partial charge in [-0.25, -0.2) is 0 Å². The quantitative estimate of drug-likeness (QED) is 0.181. The lowest BCUT2D eigenvalue weighted by Gasteiger charge is -2.13. The highest BCUT2D eigenvalue weighted by Gasteiger charge is 2.35. The summed E-state index contributed by atoms with van der Waals surface area (Å²) in [6, 6.07) is 23.0. The van der Waals surface area contributed by atoms with E-state index in [0.29, 0.717) is 26.6 Å². The van der Waals surface area contributed by atoms with Crippen molar-refractivity contribution in [2.45, 2.75) is 11.4 Å². The van der Waals surface area contributed by atoms with E-state index >= 15 is 0 Å². The predicted molar refractivity (Wildman–Crippen MR) is 146 cm³/mol. The first kappa shape index (κ1) is 25.4. The molecule has 1 heterocycles. The lowest BCUT2D eigenvalue weighted by molar-refractivity contribution is -0.123. The van der Waals surface area contributed by atoms with Crippen LogP contribution in [0.25, 0.3) is 16.8 Å². The SMILES string of the molecule is O=C1S/C(=C\c2c(OS(=O)(=O)c3ccc(Cl)cc3)ccc3ccccc23)C(=O)N1Cc1cccc(Cl)c1. The van der Waals surface area contributed by atoms with Gasteiger partial charge in [0.25, 0.3) is 11.1 Å². The second-order valence-corrected chi connectivity index (χ2v) is 11.5. The summed E-state index contributed by atoms with van der Waals surface area (Å²) < 4.78 is 31.5. The lowest BCUT2D eigenvalue weighted by atomic mass is 10.0. The van der Waals surface area contributed by atoms with Crippen LogP contribution in [0, 0.1) is 0 Å². The third-order valence-electron chi connectivity index (χ3n) is 5.61. The molecule has 0 aliphatic carbocycles. The normalized spacial score (nSPS) is 15.1. The average Bonchev–Trinajstić information content (AvgIpc) is 3.13. The standard InChI is InChI=1S/C27H17Cl2NO5S2/c28-19-9-11-21(12-10-19)37(33,34)35-24-13-8-18-5-1-2-7-22(18)23(24)15-25-26(31)30(27(32)36-25)16-17-4-3-6-20(29)14-17/h1-15H,16H2/b25-15-. The zero-order valence-corrected chi connectivity index (χ0v) is 22.1. The van der Waals surface area contributed by atoms with Crippen molar-refractivity contribution >= 4 is 73.1 Å². The molecule has 5 rings (SSSR count). The van der Waals surface area contributed by atoms with Gasteiger partial charge in [-0.05, 0) is 76.6 Å². The maximum absolute atomic E-state index is 13.2. The number of rotatable bonds is 6. The number of thioether (sulfide) groups is 1. The van der Waals surface area contributed by atoms with Gasteiger partial charge < -0.3 is 4.18 Å². The van der Waals surface area contributed by atoms with Crippen LogP contribution < -0.4 is 4.18 Å². The molecule has 0 aromatic heterocycles. The summed E-state index contributed by atoms with van der Waals surface area (Å²) in [7, 11) is -4.20. The van der Waals surface area contributed by atoms with E-state index in [0.717, 1.165) is 22.0 Å². The fraction of sp³-hybridized carbons (Fsp3) is 0.0370. The fourth-order valence-electron chi connectivity index (χ4n) is 3.85. The van der Waals surface area contributed by atoms with Gasteiger partial charge in [-0.15, -0.1) is 0 Å². The van der Waals surface area contributed by atoms with Crippen molar-refractivity contribution in [3.05, 3.63) is 111 Å². The van der Waals surface area contributed by atoms with E-state index in [-0.39, 0.29) is 22.1 Å². The number of fused-ring (bicyclic) bond motifs is 1. The van der Waals surface area contributed by atoms with Gasteiger partial charge in [0.1, 0.15) is 4.90 Å². The maximum Gasteiger partial charge on any atom is 0.339 e. The summed E-state index contributed by atoms with van der Waals surface area (Å²) in [4.78, 5) is 27.1. The minimum atomic E-state index is -4.20. The number of hydrogen-bond acceptors (Lipinski definition) is 6. The summed E-state index contributed by atoms with van der Waals surface area (Å²) in [5.74, 6) is -0.468. The van der Waals surface area contributed by atoms with Crippen LogP contribution in [-0.4, -0.2) is 24.5 Å². The summed E-state index contributed by atoms with van der Waals surface area (Å²) >= 11 is 12.7. The fourth-order valence-corrected chi connectivity index (χ4v) is 5.96. The second kappa shape index (κ2) is 10.2. The molecule has 0 bridgehead atoms. The van der Waals surface area contributed by atoms with E-state index in [2.05, 4.69) is 0 Å². The average molecular weight is 570 g/mol. The molecule has 0 saturated carbocycles. The van der Waals surface area contributed by atoms with Gasteiger partial charge in [0.2, 0.25) is 0 Å². The van der Waals surface area contributed by atoms with E-state index in [4.69, 9.17) is 27.4 Å². The number of nitrogens with zero attached hydrogens (tertiary/aromatic N) is 1. The Morgan fingerprint density at radius 2 is 1.62 bits per heavy atom. The van der Waals surface area contributed by atoms with Crippen LogP contribution >= 0.6 is 35.0 Å². The van der Waals surface area contributed by atoms with Crippen LogP contribution in [0.2, 0.25) is 10.0 Å². The first-order chi connectivity index (χ1) is 17.7. The molecule has 1 aliphatic rings. The van der Waals surface area contributed by atoms with Gasteiger partial charge in [0.15, 0.2) is 5.75 Å². The van der Waals surface area contributed by atoms with Gasteiger partial charge in [-0.1, -0.05) is 65.7 Å². The molecule has 10 heteroatoms. The molecule has 0 N–H and O–H groups in total. The Hall–Kier alpha value is -3.30. The van der Waals surface area contributed by atoms with Gasteiger partial charge in [-0.3, -0.25) is 14.5 Å². The highest BCUT2D eigenvalue weighted by Crippen LogP contribution is 2.38. The summed E-state index contributed by atoms with van der Waals surface area (Å²) in [5, 5.41) is 1.92. The Bertz CT molecular complexity index is 1690. The molecule has 1 saturated heterocycles. The van der Waals surface area contributed by atoms with Crippen LogP contribution in [0.3, 0.4) is 0 Å². The number of carbonyl (C=O) groups is 2. The predicted octanol–water partition coefficient (Wildman–Crippen LogP) is 7.15. The van der Waals surface area contributed by atoms with Crippen molar-refractivity contribution in [2.24, 2.45) is 0 Å². The lowest BCUT2D eigenvalue weighted by Crippen LogP contribution is -2.27. The third kappa shape index (κ3) is 5.38. The smallest absolute Gasteiger partial charge is 0.339 e. The highest BCUT2D eigenvalue weighted by atomic mass is 35.5. The zero-order valence-electron chi connectivity index (χ0n) is 18.9. The Labute approximate surface area is 227 Å². The van der Waals surface area contributed by atoms with Crippen molar-refractivity contribution < 1.29 is 22.2 Å². The molecule has 37 heavy (non-hydrogen) atoms. The van der Waals surface area contributed by atoms with E-state index in [9.17, 15) is 18.0 Å². The van der Waals surface area contributed by atoms with Crippen molar-refractivity contribution in [3.8, 4) is 5.75 Å². The monoisotopic (exact) mass is 569 g/mol. The molecule has 0 unspecified atom stereocenters. The minimum Gasteiger partial charge on any atom is -0.378 e. The Morgan fingerprint density at radius 3 is 2.38 bits per heavy atom.